The standard InChI is InChI=1S/C21H23ClN4O4/c22-15-2-1-3-17(12-15)26-8-6-25(7-9-26)14-20(27)24-21(28)23-16-4-5-18-19(13-16)30-11-10-29-18/h1-5,12-13H,6-11,14H2,(H2,23,24,27,28). The zero-order valence-electron chi connectivity index (χ0n) is 16.4. The Balaban J connectivity index is 1.22. The molecular formula is C21H23ClN4O4. The molecule has 30 heavy (non-hydrogen) atoms. The maximum Gasteiger partial charge on any atom is 0.325 e. The molecule has 0 bridgehead atoms. The highest BCUT2D eigenvalue weighted by atomic mass is 35.5. The predicted octanol–water partition coefficient (Wildman–Crippen LogP) is 2.58. The van der Waals surface area contributed by atoms with Gasteiger partial charge in [-0.15, -0.1) is 0 Å². The van der Waals surface area contributed by atoms with Crippen molar-refractivity contribution in [1.82, 2.24) is 10.2 Å². The van der Waals surface area contributed by atoms with Gasteiger partial charge >= 0.3 is 6.03 Å². The maximum atomic E-state index is 12.3. The van der Waals surface area contributed by atoms with Gasteiger partial charge in [-0.2, -0.15) is 0 Å². The summed E-state index contributed by atoms with van der Waals surface area (Å²) in [5.41, 5.74) is 1.60. The number of carbonyl (C=O) groups is 2. The van der Waals surface area contributed by atoms with Crippen molar-refractivity contribution in [3.05, 3.63) is 47.5 Å². The van der Waals surface area contributed by atoms with Crippen LogP contribution in [0.3, 0.4) is 0 Å². The fraction of sp³-hybridized carbons (Fsp3) is 0.333. The fourth-order valence-corrected chi connectivity index (χ4v) is 3.67. The number of piperazine rings is 1. The predicted molar refractivity (Wildman–Crippen MR) is 115 cm³/mol. The number of halogens is 1. The third-order valence-electron chi connectivity index (χ3n) is 4.97. The lowest BCUT2D eigenvalue weighted by molar-refractivity contribution is -0.121. The molecule has 0 aliphatic carbocycles. The third kappa shape index (κ3) is 5.14. The average Bonchev–Trinajstić information content (AvgIpc) is 2.74. The van der Waals surface area contributed by atoms with Crippen LogP contribution < -0.4 is 25.0 Å². The number of rotatable bonds is 4. The van der Waals surface area contributed by atoms with E-state index < -0.39 is 6.03 Å². The van der Waals surface area contributed by atoms with Crippen molar-refractivity contribution in [3.8, 4) is 11.5 Å². The molecule has 0 atom stereocenters. The number of ether oxygens (including phenoxy) is 2. The van der Waals surface area contributed by atoms with Crippen LogP contribution in [-0.2, 0) is 4.79 Å². The van der Waals surface area contributed by atoms with Gasteiger partial charge in [-0.05, 0) is 30.3 Å². The lowest BCUT2D eigenvalue weighted by atomic mass is 10.2. The largest absolute Gasteiger partial charge is 0.486 e. The van der Waals surface area contributed by atoms with Gasteiger partial charge in [-0.25, -0.2) is 4.79 Å². The van der Waals surface area contributed by atoms with Crippen molar-refractivity contribution in [2.75, 3.05) is 56.2 Å². The zero-order valence-corrected chi connectivity index (χ0v) is 17.2. The third-order valence-corrected chi connectivity index (χ3v) is 5.20. The molecule has 2 heterocycles. The second-order valence-electron chi connectivity index (χ2n) is 7.10. The molecule has 2 aromatic rings. The lowest BCUT2D eigenvalue weighted by Crippen LogP contribution is -2.50. The quantitative estimate of drug-likeness (QED) is 0.775. The summed E-state index contributed by atoms with van der Waals surface area (Å²) >= 11 is 6.06. The summed E-state index contributed by atoms with van der Waals surface area (Å²) in [5, 5.41) is 5.73. The van der Waals surface area contributed by atoms with E-state index in [2.05, 4.69) is 15.5 Å². The highest BCUT2D eigenvalue weighted by molar-refractivity contribution is 6.30. The summed E-state index contributed by atoms with van der Waals surface area (Å²) in [6, 6.07) is 12.3. The van der Waals surface area contributed by atoms with Gasteiger partial charge in [0.15, 0.2) is 11.5 Å². The molecule has 1 saturated heterocycles. The topological polar surface area (TPSA) is 83.1 Å². The first-order valence-corrected chi connectivity index (χ1v) is 10.2. The number of benzene rings is 2. The van der Waals surface area contributed by atoms with Gasteiger partial charge < -0.3 is 19.7 Å². The Hall–Kier alpha value is -2.97. The van der Waals surface area contributed by atoms with Gasteiger partial charge in [0.1, 0.15) is 13.2 Å². The van der Waals surface area contributed by atoms with Crippen LogP contribution in [-0.4, -0.2) is 62.8 Å². The minimum atomic E-state index is -0.575. The molecule has 2 aliphatic rings. The van der Waals surface area contributed by atoms with E-state index >= 15 is 0 Å². The number of anilines is 2. The molecule has 0 spiro atoms. The monoisotopic (exact) mass is 430 g/mol. The van der Waals surface area contributed by atoms with E-state index in [1.165, 1.54) is 0 Å². The molecule has 1 fully saturated rings. The average molecular weight is 431 g/mol. The second kappa shape index (κ2) is 9.23. The van der Waals surface area contributed by atoms with Gasteiger partial charge in [-0.3, -0.25) is 15.0 Å². The molecule has 0 unspecified atom stereocenters. The summed E-state index contributed by atoms with van der Waals surface area (Å²) in [6.45, 7) is 4.16. The highest BCUT2D eigenvalue weighted by Gasteiger charge is 2.20. The maximum absolute atomic E-state index is 12.3. The van der Waals surface area contributed by atoms with Crippen molar-refractivity contribution in [2.45, 2.75) is 0 Å². The first-order chi connectivity index (χ1) is 14.6. The van der Waals surface area contributed by atoms with Crippen LogP contribution >= 0.6 is 11.6 Å². The first-order valence-electron chi connectivity index (χ1n) is 9.80. The van der Waals surface area contributed by atoms with Gasteiger partial charge in [0, 0.05) is 48.6 Å². The summed E-state index contributed by atoms with van der Waals surface area (Å²) in [6.07, 6.45) is 0. The zero-order chi connectivity index (χ0) is 20.9. The molecule has 4 rings (SSSR count). The van der Waals surface area contributed by atoms with Gasteiger partial charge in [0.05, 0.1) is 6.54 Å². The summed E-state index contributed by atoms with van der Waals surface area (Å²) < 4.78 is 10.9. The second-order valence-corrected chi connectivity index (χ2v) is 7.54. The van der Waals surface area contributed by atoms with Crippen LogP contribution in [0.5, 0.6) is 11.5 Å². The SMILES string of the molecule is O=C(CN1CCN(c2cccc(Cl)c2)CC1)NC(=O)Nc1ccc2c(c1)OCCO2. The molecule has 0 saturated carbocycles. The van der Waals surface area contributed by atoms with E-state index in [1.807, 2.05) is 29.2 Å². The Morgan fingerprint density at radius 3 is 2.50 bits per heavy atom. The molecule has 2 aromatic carbocycles. The number of nitrogens with one attached hydrogen (secondary N) is 2. The molecule has 0 radical (unpaired) electrons. The molecule has 3 amide bonds. The number of hydrogen-bond donors (Lipinski definition) is 2. The number of urea groups is 1. The smallest absolute Gasteiger partial charge is 0.325 e. The van der Waals surface area contributed by atoms with Crippen molar-refractivity contribution >= 4 is 34.9 Å². The molecule has 2 N–H and O–H groups in total. The van der Waals surface area contributed by atoms with Crippen molar-refractivity contribution in [3.63, 3.8) is 0 Å². The summed E-state index contributed by atoms with van der Waals surface area (Å²) in [7, 11) is 0. The van der Waals surface area contributed by atoms with Crippen molar-refractivity contribution in [2.24, 2.45) is 0 Å². The highest BCUT2D eigenvalue weighted by Crippen LogP contribution is 2.32. The van der Waals surface area contributed by atoms with Crippen molar-refractivity contribution in [1.29, 1.82) is 0 Å². The number of fused-ring (bicyclic) bond motifs is 1. The van der Waals surface area contributed by atoms with Crippen LogP contribution in [0.2, 0.25) is 5.02 Å². The van der Waals surface area contributed by atoms with Gasteiger partial charge in [0.25, 0.3) is 0 Å². The van der Waals surface area contributed by atoms with Crippen LogP contribution in [0.25, 0.3) is 0 Å². The van der Waals surface area contributed by atoms with Crippen molar-refractivity contribution < 1.29 is 19.1 Å². The normalized spacial score (nSPS) is 16.1. The number of imide groups is 1. The number of hydrogen-bond acceptors (Lipinski definition) is 6. The number of carbonyl (C=O) groups excluding carboxylic acids is 2. The summed E-state index contributed by atoms with van der Waals surface area (Å²) in [4.78, 5) is 28.7. The van der Waals surface area contributed by atoms with Crippen LogP contribution in [0.15, 0.2) is 42.5 Å². The fourth-order valence-electron chi connectivity index (χ4n) is 3.49. The lowest BCUT2D eigenvalue weighted by Gasteiger charge is -2.35. The molecule has 158 valence electrons. The molecule has 2 aliphatic heterocycles. The number of nitrogens with zero attached hydrogens (tertiary/aromatic N) is 2. The molecule has 8 nitrogen and oxygen atoms in total. The minimum absolute atomic E-state index is 0.165. The van der Waals surface area contributed by atoms with Crippen LogP contribution in [0.1, 0.15) is 0 Å². The van der Waals surface area contributed by atoms with Crippen LogP contribution in [0.4, 0.5) is 16.2 Å². The van der Waals surface area contributed by atoms with E-state index in [4.69, 9.17) is 21.1 Å². The van der Waals surface area contributed by atoms with Gasteiger partial charge in [-0.1, -0.05) is 17.7 Å². The Kier molecular flexibility index (Phi) is 6.25. The Labute approximate surface area is 179 Å². The first kappa shape index (κ1) is 20.3. The molecular weight excluding hydrogens is 408 g/mol. The van der Waals surface area contributed by atoms with E-state index in [9.17, 15) is 9.59 Å². The van der Waals surface area contributed by atoms with E-state index in [-0.39, 0.29) is 12.5 Å². The summed E-state index contributed by atoms with van der Waals surface area (Å²) in [5.74, 6) is 0.865. The van der Waals surface area contributed by atoms with Crippen LogP contribution in [0, 0.1) is 0 Å². The Bertz CT molecular complexity index is 931. The van der Waals surface area contributed by atoms with E-state index in [0.717, 1.165) is 31.9 Å². The molecule has 9 heteroatoms. The number of amides is 3. The Morgan fingerprint density at radius 2 is 1.73 bits per heavy atom. The van der Waals surface area contributed by atoms with E-state index in [1.54, 1.807) is 18.2 Å². The molecule has 0 aromatic heterocycles. The Morgan fingerprint density at radius 1 is 0.967 bits per heavy atom. The van der Waals surface area contributed by atoms with Gasteiger partial charge in [0.2, 0.25) is 5.91 Å². The van der Waals surface area contributed by atoms with E-state index in [0.29, 0.717) is 35.4 Å². The minimum Gasteiger partial charge on any atom is -0.486 e.